The molecule has 0 aromatic carbocycles. The summed E-state index contributed by atoms with van der Waals surface area (Å²) in [5.74, 6) is -2.46. The first kappa shape index (κ1) is 13.1. The zero-order valence-electron chi connectivity index (χ0n) is 7.54. The molecule has 4 N–H and O–H groups in total. The summed E-state index contributed by atoms with van der Waals surface area (Å²) in [4.78, 5) is 29.9. The Labute approximate surface area is 80.4 Å². The average molecular weight is 225 g/mol. The monoisotopic (exact) mass is 225 g/mol. The fraction of sp³-hybridized carbons (Fsp3) is 0.667. The van der Waals surface area contributed by atoms with Gasteiger partial charge in [-0.2, -0.15) is 0 Å². The highest BCUT2D eigenvalue weighted by Crippen LogP contribution is 2.41. The Morgan fingerprint density at radius 1 is 1.57 bits per heavy atom. The highest BCUT2D eigenvalue weighted by molar-refractivity contribution is 7.53. The molecule has 0 aromatic heterocycles. The molecule has 7 nitrogen and oxygen atoms in total. The van der Waals surface area contributed by atoms with Crippen LogP contribution in [0.25, 0.3) is 0 Å². The van der Waals surface area contributed by atoms with E-state index in [-0.39, 0.29) is 6.16 Å². The van der Waals surface area contributed by atoms with E-state index in [2.05, 4.69) is 4.52 Å². The Balaban J connectivity index is 4.12. The van der Waals surface area contributed by atoms with E-state index >= 15 is 0 Å². The van der Waals surface area contributed by atoms with Gasteiger partial charge in [-0.15, -0.1) is 0 Å². The summed E-state index contributed by atoms with van der Waals surface area (Å²) in [6, 6.07) is -1.42. The summed E-state index contributed by atoms with van der Waals surface area (Å²) >= 11 is 0. The number of nitrogens with two attached hydrogens (primary N) is 1. The van der Waals surface area contributed by atoms with Crippen LogP contribution in [0.15, 0.2) is 0 Å². The molecular formula is C6H12NO6P. The van der Waals surface area contributed by atoms with Crippen LogP contribution in [0, 0.1) is 0 Å². The molecule has 0 aliphatic carbocycles. The minimum Gasteiger partial charge on any atom is -0.480 e. The lowest BCUT2D eigenvalue weighted by Gasteiger charge is -2.10. The van der Waals surface area contributed by atoms with E-state index in [9.17, 15) is 14.2 Å². The number of carbonyl (C=O) groups excluding carboxylic acids is 1. The van der Waals surface area contributed by atoms with E-state index in [4.69, 9.17) is 15.7 Å². The molecular weight excluding hydrogens is 213 g/mol. The maximum atomic E-state index is 10.9. The van der Waals surface area contributed by atoms with Crippen molar-refractivity contribution in [1.29, 1.82) is 0 Å². The van der Waals surface area contributed by atoms with Gasteiger partial charge in [0.05, 0.1) is 12.6 Å². The van der Waals surface area contributed by atoms with Crippen molar-refractivity contribution in [2.75, 3.05) is 6.16 Å². The smallest absolute Gasteiger partial charge is 0.378 e. The lowest BCUT2D eigenvalue weighted by atomic mass is 10.2. The van der Waals surface area contributed by atoms with Crippen LogP contribution in [0.2, 0.25) is 0 Å². The molecule has 0 fully saturated rings. The summed E-state index contributed by atoms with van der Waals surface area (Å²) in [6.07, 6.45) is -0.846. The van der Waals surface area contributed by atoms with Crippen LogP contribution in [0.5, 0.6) is 0 Å². The van der Waals surface area contributed by atoms with E-state index in [1.54, 1.807) is 0 Å². The number of carbonyl (C=O) groups is 2. The molecule has 82 valence electrons. The summed E-state index contributed by atoms with van der Waals surface area (Å²) in [6.45, 7) is 1.37. The molecule has 0 bridgehead atoms. The van der Waals surface area contributed by atoms with Gasteiger partial charge in [-0.25, -0.2) is 4.57 Å². The first-order valence-electron chi connectivity index (χ1n) is 3.81. The van der Waals surface area contributed by atoms with Crippen LogP contribution in [0.1, 0.15) is 13.3 Å². The molecule has 1 unspecified atom stereocenters. The number of aliphatic carboxylic acids is 1. The summed E-state index contributed by atoms with van der Waals surface area (Å²) in [5.41, 5.74) is 5.01. The molecule has 0 radical (unpaired) electrons. The molecule has 0 aliphatic heterocycles. The summed E-state index contributed by atoms with van der Waals surface area (Å²) < 4.78 is 15.0. The number of carboxylic acids is 1. The van der Waals surface area contributed by atoms with Gasteiger partial charge in [-0.3, -0.25) is 9.59 Å². The zero-order chi connectivity index (χ0) is 11.4. The Morgan fingerprint density at radius 3 is 2.43 bits per heavy atom. The summed E-state index contributed by atoms with van der Waals surface area (Å²) in [5, 5.41) is 8.32. The molecule has 0 rings (SSSR count). The Kier molecular flexibility index (Phi) is 4.76. The molecule has 0 aliphatic rings. The standard InChI is InChI=1S/C6H12NO6P/c1-2-14(11,12)13-5(8)3-4(7)6(9)10/h4H,2-3,7H2,1H3,(H,9,10)(H,11,12)/t4-/m0/s1. The maximum Gasteiger partial charge on any atom is 0.378 e. The summed E-state index contributed by atoms with van der Waals surface area (Å²) in [7, 11) is -3.91. The second-order valence-electron chi connectivity index (χ2n) is 2.57. The van der Waals surface area contributed by atoms with Gasteiger partial charge in [0, 0.05) is 0 Å². The highest BCUT2D eigenvalue weighted by atomic mass is 31.2. The van der Waals surface area contributed by atoms with E-state index in [1.807, 2.05) is 0 Å². The van der Waals surface area contributed by atoms with E-state index in [0.29, 0.717) is 0 Å². The Bertz CT molecular complexity index is 277. The van der Waals surface area contributed by atoms with Crippen LogP contribution in [0.4, 0.5) is 0 Å². The molecule has 0 amide bonds. The van der Waals surface area contributed by atoms with Crippen LogP contribution >= 0.6 is 7.60 Å². The van der Waals surface area contributed by atoms with E-state index in [1.165, 1.54) is 6.92 Å². The van der Waals surface area contributed by atoms with Crippen molar-refractivity contribution in [2.24, 2.45) is 5.73 Å². The highest BCUT2D eigenvalue weighted by Gasteiger charge is 2.24. The van der Waals surface area contributed by atoms with Crippen molar-refractivity contribution in [3.63, 3.8) is 0 Å². The number of hydrogen-bond acceptors (Lipinski definition) is 5. The zero-order valence-corrected chi connectivity index (χ0v) is 8.44. The lowest BCUT2D eigenvalue weighted by molar-refractivity contribution is -0.144. The van der Waals surface area contributed by atoms with Gasteiger partial charge in [0.1, 0.15) is 6.04 Å². The molecule has 0 heterocycles. The SMILES string of the molecule is CCP(=O)(O)OC(=O)C[C@H](N)C(=O)O. The van der Waals surface area contributed by atoms with Gasteiger partial charge in [0.25, 0.3) is 0 Å². The van der Waals surface area contributed by atoms with Crippen molar-refractivity contribution in [1.82, 2.24) is 0 Å². The topological polar surface area (TPSA) is 127 Å². The third-order valence-electron chi connectivity index (χ3n) is 1.35. The van der Waals surface area contributed by atoms with Gasteiger partial charge in [0.2, 0.25) is 0 Å². The van der Waals surface area contributed by atoms with Crippen LogP contribution < -0.4 is 5.73 Å². The Hall–Kier alpha value is -0.910. The maximum absolute atomic E-state index is 10.9. The molecule has 0 saturated carbocycles. The lowest BCUT2D eigenvalue weighted by Crippen LogP contribution is -2.32. The van der Waals surface area contributed by atoms with Gasteiger partial charge < -0.3 is 20.3 Å². The van der Waals surface area contributed by atoms with Gasteiger partial charge >= 0.3 is 19.5 Å². The molecule has 2 atom stereocenters. The van der Waals surface area contributed by atoms with Crippen LogP contribution in [-0.2, 0) is 18.7 Å². The van der Waals surface area contributed by atoms with Gasteiger partial charge in [-0.1, -0.05) is 6.92 Å². The normalized spacial score (nSPS) is 16.8. The third-order valence-corrected chi connectivity index (χ3v) is 2.64. The van der Waals surface area contributed by atoms with Crippen molar-refractivity contribution in [2.45, 2.75) is 19.4 Å². The first-order valence-corrected chi connectivity index (χ1v) is 5.57. The minimum absolute atomic E-state index is 0.221. The quantitative estimate of drug-likeness (QED) is 0.540. The third kappa shape index (κ3) is 4.96. The Morgan fingerprint density at radius 2 is 2.07 bits per heavy atom. The molecule has 0 aromatic rings. The fourth-order valence-corrected chi connectivity index (χ4v) is 1.05. The molecule has 14 heavy (non-hydrogen) atoms. The van der Waals surface area contributed by atoms with Crippen molar-refractivity contribution in [3.8, 4) is 0 Å². The van der Waals surface area contributed by atoms with Gasteiger partial charge in [0.15, 0.2) is 0 Å². The number of rotatable bonds is 5. The van der Waals surface area contributed by atoms with Crippen molar-refractivity contribution < 1.29 is 28.7 Å². The fourth-order valence-electron chi connectivity index (χ4n) is 0.528. The van der Waals surface area contributed by atoms with Crippen LogP contribution in [0.3, 0.4) is 0 Å². The van der Waals surface area contributed by atoms with Gasteiger partial charge in [-0.05, 0) is 0 Å². The van der Waals surface area contributed by atoms with Crippen molar-refractivity contribution in [3.05, 3.63) is 0 Å². The van der Waals surface area contributed by atoms with E-state index in [0.717, 1.165) is 0 Å². The number of carboxylic acid groups (broad SMARTS) is 1. The predicted octanol–water partition coefficient (Wildman–Crippen LogP) is -0.463. The molecule has 0 spiro atoms. The van der Waals surface area contributed by atoms with E-state index < -0.39 is 32.0 Å². The molecule has 0 saturated heterocycles. The first-order chi connectivity index (χ1) is 6.28. The largest absolute Gasteiger partial charge is 0.480 e. The van der Waals surface area contributed by atoms with Crippen molar-refractivity contribution >= 4 is 19.5 Å². The van der Waals surface area contributed by atoms with Crippen LogP contribution in [-0.4, -0.2) is 34.1 Å². The second-order valence-corrected chi connectivity index (χ2v) is 4.66. The number of hydrogen-bond donors (Lipinski definition) is 3. The molecule has 8 heteroatoms. The average Bonchev–Trinajstić information content (AvgIpc) is 2.02. The second kappa shape index (κ2) is 5.09. The predicted molar refractivity (Wildman–Crippen MR) is 46.7 cm³/mol. The minimum atomic E-state index is -3.91.